The Kier molecular flexibility index (Phi) is 3.13. The summed E-state index contributed by atoms with van der Waals surface area (Å²) in [7, 11) is 0. The van der Waals surface area contributed by atoms with Crippen LogP contribution < -0.4 is 10.6 Å². The van der Waals surface area contributed by atoms with E-state index in [-0.39, 0.29) is 17.9 Å². The number of rotatable bonds is 2. The predicted octanol–water partition coefficient (Wildman–Crippen LogP) is 2.53. The lowest BCUT2D eigenvalue weighted by atomic mass is 9.84. The first kappa shape index (κ1) is 13.3. The molecule has 106 valence electrons. The van der Waals surface area contributed by atoms with Gasteiger partial charge in [-0.05, 0) is 37.5 Å². The van der Waals surface area contributed by atoms with Gasteiger partial charge in [0.25, 0.3) is 0 Å². The van der Waals surface area contributed by atoms with Crippen LogP contribution in [0, 0.1) is 5.41 Å². The van der Waals surface area contributed by atoms with E-state index in [1.54, 1.807) is 0 Å². The van der Waals surface area contributed by atoms with Crippen molar-refractivity contribution in [2.45, 2.75) is 45.1 Å². The van der Waals surface area contributed by atoms with E-state index in [1.165, 1.54) is 4.90 Å². The minimum absolute atomic E-state index is 0.0122. The average Bonchev–Trinajstić information content (AvgIpc) is 2.97. The van der Waals surface area contributed by atoms with E-state index in [2.05, 4.69) is 0 Å². The quantitative estimate of drug-likeness (QED) is 0.841. The van der Waals surface area contributed by atoms with Crippen LogP contribution in [0.25, 0.3) is 0 Å². The molecule has 1 aromatic rings. The maximum Gasteiger partial charge on any atom is 0.240 e. The van der Waals surface area contributed by atoms with E-state index in [9.17, 15) is 9.59 Å². The number of nitrogens with two attached hydrogens (primary N) is 1. The molecule has 1 saturated heterocycles. The summed E-state index contributed by atoms with van der Waals surface area (Å²) in [5.74, 6) is -0.0828. The molecule has 2 amide bonds. The first-order valence-corrected chi connectivity index (χ1v) is 7.26. The van der Waals surface area contributed by atoms with Crippen LogP contribution in [0.15, 0.2) is 24.3 Å². The highest BCUT2D eigenvalue weighted by molar-refractivity contribution is 6.22. The van der Waals surface area contributed by atoms with E-state index in [0.29, 0.717) is 12.1 Å². The Labute approximate surface area is 118 Å². The van der Waals surface area contributed by atoms with E-state index in [0.717, 1.165) is 31.2 Å². The predicted molar refractivity (Wildman–Crippen MR) is 77.1 cm³/mol. The van der Waals surface area contributed by atoms with E-state index in [1.807, 2.05) is 31.2 Å². The molecule has 0 radical (unpaired) electrons. The molecule has 1 saturated carbocycles. The summed E-state index contributed by atoms with van der Waals surface area (Å²) in [6.07, 6.45) is 4.16. The number of anilines is 1. The second kappa shape index (κ2) is 4.70. The molecule has 4 heteroatoms. The SMILES string of the molecule is CC(N)c1cccc(N2C(=O)CC3(CCCC3)C2=O)c1. The summed E-state index contributed by atoms with van der Waals surface area (Å²) in [5, 5.41) is 0. The van der Waals surface area contributed by atoms with Gasteiger partial charge in [-0.25, -0.2) is 0 Å². The molecule has 1 atom stereocenters. The Bertz CT molecular complexity index is 559. The first-order chi connectivity index (χ1) is 9.53. The van der Waals surface area contributed by atoms with E-state index < -0.39 is 5.41 Å². The van der Waals surface area contributed by atoms with Gasteiger partial charge in [-0.1, -0.05) is 25.0 Å². The fraction of sp³-hybridized carbons (Fsp3) is 0.500. The lowest BCUT2D eigenvalue weighted by molar-refractivity contribution is -0.125. The molecule has 2 N–H and O–H groups in total. The van der Waals surface area contributed by atoms with Gasteiger partial charge in [0, 0.05) is 12.5 Å². The van der Waals surface area contributed by atoms with Crippen molar-refractivity contribution in [3.8, 4) is 0 Å². The number of amides is 2. The van der Waals surface area contributed by atoms with Crippen LogP contribution in [0.5, 0.6) is 0 Å². The highest BCUT2D eigenvalue weighted by atomic mass is 16.2. The van der Waals surface area contributed by atoms with Crippen LogP contribution in [-0.2, 0) is 9.59 Å². The van der Waals surface area contributed by atoms with Gasteiger partial charge in [-0.15, -0.1) is 0 Å². The Balaban J connectivity index is 1.96. The normalized spacial score (nSPS) is 22.8. The molecule has 2 aliphatic rings. The van der Waals surface area contributed by atoms with Crippen LogP contribution in [-0.4, -0.2) is 11.8 Å². The third kappa shape index (κ3) is 1.95. The van der Waals surface area contributed by atoms with Gasteiger partial charge in [0.1, 0.15) is 0 Å². The van der Waals surface area contributed by atoms with Gasteiger partial charge in [0.2, 0.25) is 11.8 Å². The van der Waals surface area contributed by atoms with Crippen molar-refractivity contribution in [2.75, 3.05) is 4.90 Å². The molecule has 2 fully saturated rings. The second-order valence-electron chi connectivity index (χ2n) is 6.08. The van der Waals surface area contributed by atoms with Gasteiger partial charge >= 0.3 is 0 Å². The molecular formula is C16H20N2O2. The molecule has 1 aromatic carbocycles. The lowest BCUT2D eigenvalue weighted by Crippen LogP contribution is -2.34. The molecule has 1 heterocycles. The zero-order chi connectivity index (χ0) is 14.3. The smallest absolute Gasteiger partial charge is 0.240 e. The second-order valence-corrected chi connectivity index (χ2v) is 6.08. The molecule has 20 heavy (non-hydrogen) atoms. The number of benzene rings is 1. The fourth-order valence-corrected chi connectivity index (χ4v) is 3.45. The molecule has 1 spiro atoms. The highest BCUT2D eigenvalue weighted by Gasteiger charge is 2.53. The van der Waals surface area contributed by atoms with Gasteiger partial charge < -0.3 is 5.73 Å². The van der Waals surface area contributed by atoms with E-state index >= 15 is 0 Å². The van der Waals surface area contributed by atoms with Crippen molar-refractivity contribution >= 4 is 17.5 Å². The molecule has 4 nitrogen and oxygen atoms in total. The van der Waals surface area contributed by atoms with Crippen LogP contribution >= 0.6 is 0 Å². The van der Waals surface area contributed by atoms with Crippen molar-refractivity contribution < 1.29 is 9.59 Å². The number of hydrogen-bond donors (Lipinski definition) is 1. The zero-order valence-corrected chi connectivity index (χ0v) is 11.8. The average molecular weight is 272 g/mol. The third-order valence-electron chi connectivity index (χ3n) is 4.61. The van der Waals surface area contributed by atoms with Crippen molar-refractivity contribution in [1.82, 2.24) is 0 Å². The van der Waals surface area contributed by atoms with Crippen LogP contribution in [0.3, 0.4) is 0 Å². The zero-order valence-electron chi connectivity index (χ0n) is 11.8. The maximum atomic E-state index is 12.7. The topological polar surface area (TPSA) is 63.4 Å². The van der Waals surface area contributed by atoms with Crippen LogP contribution in [0.4, 0.5) is 5.69 Å². The van der Waals surface area contributed by atoms with Crippen molar-refractivity contribution in [3.05, 3.63) is 29.8 Å². The van der Waals surface area contributed by atoms with Crippen molar-refractivity contribution in [2.24, 2.45) is 11.1 Å². The van der Waals surface area contributed by atoms with Crippen LogP contribution in [0.1, 0.15) is 50.6 Å². The summed E-state index contributed by atoms with van der Waals surface area (Å²) in [6.45, 7) is 1.89. The fourth-order valence-electron chi connectivity index (χ4n) is 3.45. The molecule has 1 aliphatic heterocycles. The summed E-state index contributed by atoms with van der Waals surface area (Å²) in [5.41, 5.74) is 7.07. The number of carbonyl (C=O) groups excluding carboxylic acids is 2. The maximum absolute atomic E-state index is 12.7. The summed E-state index contributed by atoms with van der Waals surface area (Å²) in [4.78, 5) is 26.4. The molecule has 0 bridgehead atoms. The van der Waals surface area contributed by atoms with Crippen LogP contribution in [0.2, 0.25) is 0 Å². The van der Waals surface area contributed by atoms with Gasteiger partial charge in [-0.2, -0.15) is 0 Å². The van der Waals surface area contributed by atoms with E-state index in [4.69, 9.17) is 5.73 Å². The molecular weight excluding hydrogens is 252 g/mol. The lowest BCUT2D eigenvalue weighted by Gasteiger charge is -2.21. The van der Waals surface area contributed by atoms with Gasteiger partial charge in [0.15, 0.2) is 0 Å². The molecule has 3 rings (SSSR count). The third-order valence-corrected chi connectivity index (χ3v) is 4.61. The summed E-state index contributed by atoms with van der Waals surface area (Å²) >= 11 is 0. The number of carbonyl (C=O) groups is 2. The largest absolute Gasteiger partial charge is 0.324 e. The minimum atomic E-state index is -0.415. The number of hydrogen-bond acceptors (Lipinski definition) is 3. The Morgan fingerprint density at radius 2 is 1.95 bits per heavy atom. The minimum Gasteiger partial charge on any atom is -0.324 e. The first-order valence-electron chi connectivity index (χ1n) is 7.26. The van der Waals surface area contributed by atoms with Gasteiger partial charge in [-0.3, -0.25) is 14.5 Å². The summed E-state index contributed by atoms with van der Waals surface area (Å²) < 4.78 is 0. The number of nitrogens with zero attached hydrogens (tertiary/aromatic N) is 1. The van der Waals surface area contributed by atoms with Crippen molar-refractivity contribution in [3.63, 3.8) is 0 Å². The highest BCUT2D eigenvalue weighted by Crippen LogP contribution is 2.48. The molecule has 1 unspecified atom stereocenters. The van der Waals surface area contributed by atoms with Gasteiger partial charge in [0.05, 0.1) is 11.1 Å². The summed E-state index contributed by atoms with van der Waals surface area (Å²) in [6, 6.07) is 7.34. The molecule has 1 aliphatic carbocycles. The Hall–Kier alpha value is -1.68. The Morgan fingerprint density at radius 1 is 1.25 bits per heavy atom. The standard InChI is InChI=1S/C16H20N2O2/c1-11(17)12-5-4-6-13(9-12)18-14(19)10-16(15(18)20)7-2-3-8-16/h4-6,9,11H,2-3,7-8,10,17H2,1H3. The Morgan fingerprint density at radius 3 is 2.60 bits per heavy atom. The molecule has 0 aromatic heterocycles. The van der Waals surface area contributed by atoms with Crippen molar-refractivity contribution in [1.29, 1.82) is 0 Å². The monoisotopic (exact) mass is 272 g/mol. The number of imide groups is 1.